The Labute approximate surface area is 110 Å². The lowest BCUT2D eigenvalue weighted by molar-refractivity contribution is 0.460. The van der Waals surface area contributed by atoms with Crippen LogP contribution < -0.4 is 0 Å². The van der Waals surface area contributed by atoms with E-state index in [9.17, 15) is 8.42 Å². The Morgan fingerprint density at radius 3 is 2.56 bits per heavy atom. The summed E-state index contributed by atoms with van der Waals surface area (Å²) in [5, 5.41) is 1.96. The molecule has 16 heavy (non-hydrogen) atoms. The van der Waals surface area contributed by atoms with Crippen LogP contribution in [-0.2, 0) is 16.6 Å². The molecule has 0 radical (unpaired) electrons. The smallest absolute Gasteiger partial charge is 0.212 e. The van der Waals surface area contributed by atoms with Crippen molar-refractivity contribution in [2.45, 2.75) is 20.4 Å². The van der Waals surface area contributed by atoms with Gasteiger partial charge in [0.25, 0.3) is 0 Å². The second kappa shape index (κ2) is 5.62. The highest BCUT2D eigenvalue weighted by Gasteiger charge is 2.19. The fraction of sp³-hybridized carbons (Fsp3) is 0.600. The molecule has 0 atom stereocenters. The van der Waals surface area contributed by atoms with Crippen molar-refractivity contribution in [2.75, 3.05) is 12.8 Å². The highest BCUT2D eigenvalue weighted by atomic mass is 79.9. The maximum absolute atomic E-state index is 11.9. The standard InChI is InChI=1S/C10H16BrNO2S2/c1-8(2)7-16(13,14)12(3)5-9-4-10(11)15-6-9/h4,6,8H,5,7H2,1-3H3. The Hall–Kier alpha value is 0.0900. The van der Waals surface area contributed by atoms with Crippen molar-refractivity contribution in [1.82, 2.24) is 4.31 Å². The minimum Gasteiger partial charge on any atom is -0.212 e. The van der Waals surface area contributed by atoms with Crippen LogP contribution in [0.1, 0.15) is 19.4 Å². The first-order valence-corrected chi connectivity index (χ1v) is 8.26. The highest BCUT2D eigenvalue weighted by molar-refractivity contribution is 9.11. The van der Waals surface area contributed by atoms with Gasteiger partial charge in [-0.2, -0.15) is 0 Å². The quantitative estimate of drug-likeness (QED) is 0.834. The number of thiophene rings is 1. The summed E-state index contributed by atoms with van der Waals surface area (Å²) in [5.74, 6) is 0.357. The molecule has 0 bridgehead atoms. The van der Waals surface area contributed by atoms with E-state index in [0.29, 0.717) is 6.54 Å². The first kappa shape index (κ1) is 14.2. The average molecular weight is 326 g/mol. The average Bonchev–Trinajstić information content (AvgIpc) is 2.48. The third-order valence-corrected chi connectivity index (χ3v) is 5.77. The lowest BCUT2D eigenvalue weighted by Gasteiger charge is -2.17. The van der Waals surface area contributed by atoms with Gasteiger partial charge in [0, 0.05) is 13.6 Å². The van der Waals surface area contributed by atoms with Crippen LogP contribution >= 0.6 is 27.3 Å². The summed E-state index contributed by atoms with van der Waals surface area (Å²) in [7, 11) is -1.50. The molecule has 1 aromatic heterocycles. The Morgan fingerprint density at radius 1 is 1.50 bits per heavy atom. The molecule has 1 aromatic rings. The molecule has 0 aliphatic carbocycles. The van der Waals surface area contributed by atoms with Crippen LogP contribution in [-0.4, -0.2) is 25.5 Å². The monoisotopic (exact) mass is 325 g/mol. The van der Waals surface area contributed by atoms with E-state index in [1.807, 2.05) is 25.3 Å². The van der Waals surface area contributed by atoms with E-state index in [1.54, 1.807) is 18.4 Å². The Kier molecular flexibility index (Phi) is 4.97. The Bertz CT molecular complexity index is 439. The molecule has 0 aliphatic rings. The molecule has 0 amide bonds. The minimum atomic E-state index is -3.13. The summed E-state index contributed by atoms with van der Waals surface area (Å²) < 4.78 is 26.2. The normalized spacial score (nSPS) is 12.6. The van der Waals surface area contributed by atoms with E-state index in [0.717, 1.165) is 9.35 Å². The van der Waals surface area contributed by atoms with Gasteiger partial charge in [-0.25, -0.2) is 12.7 Å². The number of nitrogens with zero attached hydrogens (tertiary/aromatic N) is 1. The first-order chi connectivity index (χ1) is 7.31. The van der Waals surface area contributed by atoms with Gasteiger partial charge in [0.2, 0.25) is 10.0 Å². The molecule has 92 valence electrons. The molecule has 0 unspecified atom stereocenters. The predicted octanol–water partition coefficient (Wildman–Crippen LogP) is 2.93. The van der Waals surface area contributed by atoms with Crippen LogP contribution in [0.4, 0.5) is 0 Å². The first-order valence-electron chi connectivity index (χ1n) is 4.98. The molecule has 0 fully saturated rings. The topological polar surface area (TPSA) is 37.4 Å². The van der Waals surface area contributed by atoms with E-state index < -0.39 is 10.0 Å². The van der Waals surface area contributed by atoms with Crippen molar-refractivity contribution >= 4 is 37.3 Å². The zero-order valence-electron chi connectivity index (χ0n) is 9.60. The molecule has 1 heterocycles. The maximum Gasteiger partial charge on any atom is 0.214 e. The number of sulfonamides is 1. The Balaban J connectivity index is 2.68. The number of rotatable bonds is 5. The Morgan fingerprint density at radius 2 is 2.12 bits per heavy atom. The molecule has 3 nitrogen and oxygen atoms in total. The van der Waals surface area contributed by atoms with Crippen LogP contribution in [0.2, 0.25) is 0 Å². The summed E-state index contributed by atoms with van der Waals surface area (Å²) in [6.45, 7) is 4.26. The van der Waals surface area contributed by atoms with Crippen LogP contribution in [0.15, 0.2) is 15.2 Å². The van der Waals surface area contributed by atoms with Gasteiger partial charge in [0.05, 0.1) is 9.54 Å². The number of hydrogen-bond acceptors (Lipinski definition) is 3. The summed E-state index contributed by atoms with van der Waals surface area (Å²) >= 11 is 4.93. The van der Waals surface area contributed by atoms with Gasteiger partial charge < -0.3 is 0 Å². The zero-order chi connectivity index (χ0) is 12.3. The van der Waals surface area contributed by atoms with Crippen LogP contribution in [0.5, 0.6) is 0 Å². The summed E-state index contributed by atoms with van der Waals surface area (Å²) in [4.78, 5) is 0. The van der Waals surface area contributed by atoms with E-state index in [2.05, 4.69) is 15.9 Å². The van der Waals surface area contributed by atoms with Gasteiger partial charge in [0.1, 0.15) is 0 Å². The van der Waals surface area contributed by atoms with Crippen LogP contribution in [0.25, 0.3) is 0 Å². The molecule has 0 aromatic carbocycles. The van der Waals surface area contributed by atoms with Gasteiger partial charge >= 0.3 is 0 Å². The van der Waals surface area contributed by atoms with Gasteiger partial charge in [-0.15, -0.1) is 11.3 Å². The molecule has 0 saturated carbocycles. The minimum absolute atomic E-state index is 0.154. The van der Waals surface area contributed by atoms with Crippen LogP contribution in [0.3, 0.4) is 0 Å². The predicted molar refractivity (Wildman–Crippen MR) is 72.1 cm³/mol. The molecular formula is C10H16BrNO2S2. The van der Waals surface area contributed by atoms with Crippen molar-refractivity contribution in [2.24, 2.45) is 5.92 Å². The van der Waals surface area contributed by atoms with Crippen molar-refractivity contribution in [1.29, 1.82) is 0 Å². The fourth-order valence-corrected chi connectivity index (χ4v) is 3.98. The molecule has 0 saturated heterocycles. The second-order valence-corrected chi connectivity index (χ2v) is 8.60. The number of hydrogen-bond donors (Lipinski definition) is 0. The molecule has 0 aliphatic heterocycles. The third-order valence-electron chi connectivity index (χ3n) is 2.05. The van der Waals surface area contributed by atoms with E-state index in [-0.39, 0.29) is 11.7 Å². The van der Waals surface area contributed by atoms with Gasteiger partial charge in [0.15, 0.2) is 0 Å². The van der Waals surface area contributed by atoms with E-state index >= 15 is 0 Å². The lowest BCUT2D eigenvalue weighted by atomic mass is 10.3. The van der Waals surface area contributed by atoms with Crippen molar-refractivity contribution in [3.8, 4) is 0 Å². The summed E-state index contributed by atoms with van der Waals surface area (Å²) in [6.07, 6.45) is 0. The van der Waals surface area contributed by atoms with Crippen molar-refractivity contribution in [3.63, 3.8) is 0 Å². The number of halogens is 1. The van der Waals surface area contributed by atoms with Gasteiger partial charge in [-0.3, -0.25) is 0 Å². The van der Waals surface area contributed by atoms with Crippen LogP contribution in [0, 0.1) is 5.92 Å². The van der Waals surface area contributed by atoms with E-state index in [1.165, 1.54) is 4.31 Å². The maximum atomic E-state index is 11.9. The SMILES string of the molecule is CC(C)CS(=O)(=O)N(C)Cc1csc(Br)c1. The molecule has 1 rings (SSSR count). The fourth-order valence-electron chi connectivity index (χ4n) is 1.33. The van der Waals surface area contributed by atoms with Gasteiger partial charge in [-0.05, 0) is 38.9 Å². The highest BCUT2D eigenvalue weighted by Crippen LogP contribution is 2.22. The molecular weight excluding hydrogens is 310 g/mol. The molecule has 6 heteroatoms. The molecule has 0 N–H and O–H groups in total. The van der Waals surface area contributed by atoms with Gasteiger partial charge in [-0.1, -0.05) is 13.8 Å². The lowest BCUT2D eigenvalue weighted by Crippen LogP contribution is -2.30. The van der Waals surface area contributed by atoms with Crippen molar-refractivity contribution < 1.29 is 8.42 Å². The third kappa shape index (κ3) is 4.16. The molecule has 0 spiro atoms. The van der Waals surface area contributed by atoms with E-state index in [4.69, 9.17) is 0 Å². The second-order valence-electron chi connectivity index (χ2n) is 4.19. The largest absolute Gasteiger partial charge is 0.214 e. The summed E-state index contributed by atoms with van der Waals surface area (Å²) in [5.41, 5.74) is 1.02. The van der Waals surface area contributed by atoms with Crippen molar-refractivity contribution in [3.05, 3.63) is 20.8 Å². The zero-order valence-corrected chi connectivity index (χ0v) is 12.8. The summed E-state index contributed by atoms with van der Waals surface area (Å²) in [6, 6.07) is 1.95.